The van der Waals surface area contributed by atoms with Crippen LogP contribution in [0.2, 0.25) is 0 Å². The lowest BCUT2D eigenvalue weighted by Crippen LogP contribution is -2.37. The van der Waals surface area contributed by atoms with Crippen molar-refractivity contribution in [3.05, 3.63) is 94.0 Å². The molecule has 0 radical (unpaired) electrons. The van der Waals surface area contributed by atoms with Gasteiger partial charge in [-0.1, -0.05) is 71.4 Å². The lowest BCUT2D eigenvalue weighted by atomic mass is 9.76. The van der Waals surface area contributed by atoms with Gasteiger partial charge in [0, 0.05) is 36.3 Å². The summed E-state index contributed by atoms with van der Waals surface area (Å²) in [6.45, 7) is 6.43. The van der Waals surface area contributed by atoms with Crippen molar-refractivity contribution in [2.45, 2.75) is 38.5 Å². The Labute approximate surface area is 195 Å². The monoisotopic (exact) mass is 442 g/mol. The zero-order valence-electron chi connectivity index (χ0n) is 19.0. The van der Waals surface area contributed by atoms with E-state index in [1.165, 1.54) is 50.8 Å². The molecular weight excluding hydrogens is 412 g/mol. The number of nitrogens with zero attached hydrogens (tertiary/aromatic N) is 1. The SMILES string of the molecule is CSC(=O)Nc1cc2c3c(c1)[C@H](c1ccc(C)cc1)CCN3CC[C@H]2c1ccc(C)cc1. The highest BCUT2D eigenvalue weighted by molar-refractivity contribution is 8.13. The van der Waals surface area contributed by atoms with Crippen LogP contribution in [-0.2, 0) is 0 Å². The summed E-state index contributed by atoms with van der Waals surface area (Å²) in [6, 6.07) is 22.4. The quantitative estimate of drug-likeness (QED) is 0.470. The predicted octanol–water partition coefficient (Wildman–Crippen LogP) is 7.08. The second kappa shape index (κ2) is 8.67. The van der Waals surface area contributed by atoms with E-state index in [-0.39, 0.29) is 5.24 Å². The molecule has 32 heavy (non-hydrogen) atoms. The Balaban J connectivity index is 1.66. The molecule has 0 spiro atoms. The lowest BCUT2D eigenvalue weighted by molar-refractivity contribution is 0.270. The molecule has 3 aromatic carbocycles. The van der Waals surface area contributed by atoms with Gasteiger partial charge in [-0.2, -0.15) is 0 Å². The normalized spacial score (nSPS) is 19.4. The summed E-state index contributed by atoms with van der Waals surface area (Å²) in [5.74, 6) is 0.701. The van der Waals surface area contributed by atoms with Gasteiger partial charge in [0.25, 0.3) is 5.24 Å². The van der Waals surface area contributed by atoms with Crippen molar-refractivity contribution in [3.8, 4) is 0 Å². The standard InChI is InChI=1S/C28H30N2OS/c1-18-4-8-20(9-5-18)23-12-14-30-15-13-24(21-10-6-19(2)7-11-21)26-17-22(29-28(31)32-3)16-25(23)27(26)30/h4-11,16-17,23-24H,12-15H2,1-3H3,(H,29,31)/t23-,24-/m0/s1. The summed E-state index contributed by atoms with van der Waals surface area (Å²) in [4.78, 5) is 14.8. The van der Waals surface area contributed by atoms with Crippen molar-refractivity contribution >= 4 is 28.4 Å². The molecule has 0 fully saturated rings. The number of amides is 1. The Hall–Kier alpha value is -2.72. The zero-order chi connectivity index (χ0) is 22.2. The molecule has 0 saturated carbocycles. The molecule has 0 aromatic heterocycles. The van der Waals surface area contributed by atoms with E-state index in [1.807, 2.05) is 6.26 Å². The number of aryl methyl sites for hydroxylation is 2. The van der Waals surface area contributed by atoms with Gasteiger partial charge >= 0.3 is 0 Å². The summed E-state index contributed by atoms with van der Waals surface area (Å²) < 4.78 is 0. The molecule has 164 valence electrons. The molecule has 0 saturated heterocycles. The molecule has 0 unspecified atom stereocenters. The molecule has 2 aliphatic heterocycles. The maximum Gasteiger partial charge on any atom is 0.283 e. The van der Waals surface area contributed by atoms with Crippen molar-refractivity contribution in [2.75, 3.05) is 29.6 Å². The fourth-order valence-corrected chi connectivity index (χ4v) is 5.54. The Morgan fingerprint density at radius 3 is 1.75 bits per heavy atom. The van der Waals surface area contributed by atoms with Gasteiger partial charge in [0.1, 0.15) is 0 Å². The van der Waals surface area contributed by atoms with Crippen LogP contribution in [0.25, 0.3) is 0 Å². The Bertz CT molecular complexity index is 1060. The van der Waals surface area contributed by atoms with Crippen LogP contribution in [0.3, 0.4) is 0 Å². The first-order valence-electron chi connectivity index (χ1n) is 11.4. The van der Waals surface area contributed by atoms with E-state index in [9.17, 15) is 4.79 Å². The molecule has 2 atom stereocenters. The van der Waals surface area contributed by atoms with Gasteiger partial charge in [0.05, 0.1) is 0 Å². The fraction of sp³-hybridized carbons (Fsp3) is 0.321. The van der Waals surface area contributed by atoms with Crippen LogP contribution >= 0.6 is 11.8 Å². The van der Waals surface area contributed by atoms with Crippen LogP contribution in [0.15, 0.2) is 60.7 Å². The highest BCUT2D eigenvalue weighted by Gasteiger charge is 2.35. The molecule has 3 aromatic rings. The van der Waals surface area contributed by atoms with Crippen LogP contribution in [-0.4, -0.2) is 24.6 Å². The van der Waals surface area contributed by atoms with E-state index in [0.717, 1.165) is 31.6 Å². The van der Waals surface area contributed by atoms with Crippen LogP contribution in [0.1, 0.15) is 58.1 Å². The van der Waals surface area contributed by atoms with Gasteiger partial charge in [-0.3, -0.25) is 4.79 Å². The first-order chi connectivity index (χ1) is 15.5. The van der Waals surface area contributed by atoms with Crippen LogP contribution in [0, 0.1) is 13.8 Å². The van der Waals surface area contributed by atoms with Gasteiger partial charge in [-0.05, 0) is 67.3 Å². The highest BCUT2D eigenvalue weighted by Crippen LogP contribution is 2.49. The number of hydrogen-bond donors (Lipinski definition) is 1. The van der Waals surface area contributed by atoms with Gasteiger partial charge < -0.3 is 10.2 Å². The minimum atomic E-state index is -0.0144. The first-order valence-corrected chi connectivity index (χ1v) is 12.7. The van der Waals surface area contributed by atoms with Gasteiger partial charge in [-0.15, -0.1) is 0 Å². The van der Waals surface area contributed by atoms with E-state index in [0.29, 0.717) is 11.8 Å². The number of carbonyl (C=O) groups excluding carboxylic acids is 1. The maximum atomic E-state index is 12.2. The molecule has 2 aliphatic rings. The molecule has 0 bridgehead atoms. The smallest absolute Gasteiger partial charge is 0.283 e. The molecule has 2 heterocycles. The van der Waals surface area contributed by atoms with Crippen molar-refractivity contribution in [2.24, 2.45) is 0 Å². The number of rotatable bonds is 3. The molecule has 4 heteroatoms. The van der Waals surface area contributed by atoms with Crippen molar-refractivity contribution in [3.63, 3.8) is 0 Å². The largest absolute Gasteiger partial charge is 0.371 e. The Morgan fingerprint density at radius 2 is 1.31 bits per heavy atom. The van der Waals surface area contributed by atoms with E-state index >= 15 is 0 Å². The molecule has 5 rings (SSSR count). The third-order valence-corrected chi connectivity index (χ3v) is 7.48. The van der Waals surface area contributed by atoms with Crippen LogP contribution < -0.4 is 10.2 Å². The highest BCUT2D eigenvalue weighted by atomic mass is 32.2. The number of nitrogens with one attached hydrogen (secondary N) is 1. The van der Waals surface area contributed by atoms with Crippen molar-refractivity contribution in [1.82, 2.24) is 0 Å². The van der Waals surface area contributed by atoms with E-state index in [1.54, 1.807) is 0 Å². The summed E-state index contributed by atoms with van der Waals surface area (Å²) >= 11 is 1.22. The van der Waals surface area contributed by atoms with E-state index in [4.69, 9.17) is 0 Å². The second-order valence-corrected chi connectivity index (χ2v) is 9.89. The van der Waals surface area contributed by atoms with Gasteiger partial charge in [-0.25, -0.2) is 0 Å². The Morgan fingerprint density at radius 1 is 0.844 bits per heavy atom. The topological polar surface area (TPSA) is 32.3 Å². The number of thioether (sulfide) groups is 1. The average Bonchev–Trinajstić information content (AvgIpc) is 2.81. The predicted molar refractivity (Wildman–Crippen MR) is 136 cm³/mol. The molecule has 1 amide bonds. The third kappa shape index (κ3) is 3.93. The minimum Gasteiger partial charge on any atom is -0.371 e. The second-order valence-electron chi connectivity index (χ2n) is 9.11. The number of carbonyl (C=O) groups is 1. The van der Waals surface area contributed by atoms with E-state index in [2.05, 4.69) is 84.7 Å². The van der Waals surface area contributed by atoms with E-state index < -0.39 is 0 Å². The average molecular weight is 443 g/mol. The summed E-state index contributed by atoms with van der Waals surface area (Å²) in [7, 11) is 0. The summed E-state index contributed by atoms with van der Waals surface area (Å²) in [6.07, 6.45) is 4.03. The summed E-state index contributed by atoms with van der Waals surface area (Å²) in [5.41, 5.74) is 10.3. The number of anilines is 2. The molecule has 1 N–H and O–H groups in total. The number of benzene rings is 3. The van der Waals surface area contributed by atoms with Crippen LogP contribution in [0.4, 0.5) is 16.2 Å². The van der Waals surface area contributed by atoms with Gasteiger partial charge in [0.2, 0.25) is 0 Å². The Kier molecular flexibility index (Phi) is 5.73. The zero-order valence-corrected chi connectivity index (χ0v) is 19.8. The molecule has 0 aliphatic carbocycles. The maximum absolute atomic E-state index is 12.2. The van der Waals surface area contributed by atoms with Gasteiger partial charge in [0.15, 0.2) is 0 Å². The van der Waals surface area contributed by atoms with Crippen LogP contribution in [0.5, 0.6) is 0 Å². The third-order valence-electron chi connectivity index (χ3n) is 7.00. The number of hydrogen-bond acceptors (Lipinski definition) is 3. The molecule has 3 nitrogen and oxygen atoms in total. The summed E-state index contributed by atoms with van der Waals surface area (Å²) in [5, 5.41) is 3.11. The fourth-order valence-electron chi connectivity index (χ4n) is 5.32. The first kappa shape index (κ1) is 21.1. The minimum absolute atomic E-state index is 0.0144. The lowest BCUT2D eigenvalue weighted by Gasteiger charge is -2.43. The van der Waals surface area contributed by atoms with Crippen molar-refractivity contribution < 1.29 is 4.79 Å². The molecular formula is C28H30N2OS. The van der Waals surface area contributed by atoms with Crippen molar-refractivity contribution in [1.29, 1.82) is 0 Å².